The average Bonchev–Trinajstić information content (AvgIpc) is 2.41. The molecule has 0 fully saturated rings. The highest BCUT2D eigenvalue weighted by atomic mass is 79.9. The third-order valence-electron chi connectivity index (χ3n) is 1.96. The summed E-state index contributed by atoms with van der Waals surface area (Å²) in [4.78, 5) is 0. The minimum Gasteiger partial charge on any atom is -0.324 e. The molecule has 0 aliphatic heterocycles. The van der Waals surface area contributed by atoms with Crippen molar-refractivity contribution in [2.75, 3.05) is 0 Å². The largest absolute Gasteiger partial charge is 0.324 e. The van der Waals surface area contributed by atoms with Gasteiger partial charge in [0.25, 0.3) is 0 Å². The summed E-state index contributed by atoms with van der Waals surface area (Å²) in [5.74, 6) is 0. The monoisotopic (exact) mass is 337 g/mol. The van der Waals surface area contributed by atoms with E-state index < -0.39 is 0 Å². The van der Waals surface area contributed by atoms with Gasteiger partial charge in [0.05, 0.1) is 7.57 Å². The highest BCUT2D eigenvalue weighted by molar-refractivity contribution is 9.12. The van der Waals surface area contributed by atoms with Gasteiger partial charge >= 0.3 is 0 Å². The highest BCUT2D eigenvalue weighted by Crippen LogP contribution is 2.36. The van der Waals surface area contributed by atoms with Crippen LogP contribution in [0.15, 0.2) is 25.8 Å². The number of rotatable bonds is 4. The lowest BCUT2D eigenvalue weighted by Gasteiger charge is -2.10. The number of thiophene rings is 1. The summed E-state index contributed by atoms with van der Waals surface area (Å²) in [6.45, 7) is 5.91. The van der Waals surface area contributed by atoms with Crippen LogP contribution in [-0.2, 0) is 0 Å². The molecule has 0 bridgehead atoms. The van der Waals surface area contributed by atoms with Crippen LogP contribution in [0.1, 0.15) is 31.4 Å². The zero-order valence-corrected chi connectivity index (χ0v) is 12.0. The molecule has 2 N–H and O–H groups in total. The Hall–Kier alpha value is 0.360. The molecular weight excluding hydrogens is 326 g/mol. The van der Waals surface area contributed by atoms with Crippen LogP contribution in [0.3, 0.4) is 0 Å². The Morgan fingerprint density at radius 3 is 2.71 bits per heavy atom. The fourth-order valence-electron chi connectivity index (χ4n) is 1.16. The summed E-state index contributed by atoms with van der Waals surface area (Å²) in [7, 11) is 0. The minimum atomic E-state index is 0.101. The van der Waals surface area contributed by atoms with E-state index in [4.69, 9.17) is 5.73 Å². The number of allylic oxidation sites excluding steroid dienone is 1. The van der Waals surface area contributed by atoms with Gasteiger partial charge in [-0.15, -0.1) is 17.9 Å². The quantitative estimate of drug-likeness (QED) is 0.796. The van der Waals surface area contributed by atoms with Crippen LogP contribution in [0.4, 0.5) is 0 Å². The van der Waals surface area contributed by atoms with Crippen molar-refractivity contribution in [3.05, 3.63) is 31.4 Å². The molecule has 1 unspecified atom stereocenters. The second-order valence-corrected chi connectivity index (χ2v) is 7.13. The number of nitrogens with two attached hydrogens (primary N) is 1. The number of halogens is 2. The topological polar surface area (TPSA) is 26.0 Å². The lowest BCUT2D eigenvalue weighted by atomic mass is 10.0. The first kappa shape index (κ1) is 12.4. The summed E-state index contributed by atoms with van der Waals surface area (Å²) in [6, 6.07) is 2.18. The van der Waals surface area contributed by atoms with E-state index in [1.165, 1.54) is 11.1 Å². The maximum Gasteiger partial charge on any atom is 0.0758 e. The first-order chi connectivity index (χ1) is 6.50. The molecule has 4 heteroatoms. The van der Waals surface area contributed by atoms with Crippen molar-refractivity contribution in [3.63, 3.8) is 0 Å². The predicted molar refractivity (Wildman–Crippen MR) is 70.7 cm³/mol. The number of hydrogen-bond donors (Lipinski definition) is 1. The minimum absolute atomic E-state index is 0.101. The van der Waals surface area contributed by atoms with Crippen molar-refractivity contribution in [1.29, 1.82) is 0 Å². The molecule has 1 heterocycles. The fraction of sp³-hybridized carbons (Fsp3) is 0.400. The smallest absolute Gasteiger partial charge is 0.0758 e. The maximum absolute atomic E-state index is 6.07. The van der Waals surface area contributed by atoms with Gasteiger partial charge in [0, 0.05) is 6.04 Å². The van der Waals surface area contributed by atoms with Crippen LogP contribution in [0.2, 0.25) is 0 Å². The van der Waals surface area contributed by atoms with Gasteiger partial charge in [-0.25, -0.2) is 0 Å². The Balaban J connectivity index is 2.64. The van der Waals surface area contributed by atoms with E-state index >= 15 is 0 Å². The second kappa shape index (κ2) is 5.45. The fourth-order valence-corrected chi connectivity index (χ4v) is 4.16. The summed E-state index contributed by atoms with van der Waals surface area (Å²) >= 11 is 8.62. The van der Waals surface area contributed by atoms with Crippen LogP contribution in [0.5, 0.6) is 0 Å². The van der Waals surface area contributed by atoms with Crippen molar-refractivity contribution < 1.29 is 0 Å². The normalized spacial score (nSPS) is 12.9. The SMILES string of the molecule is C=C(C)CCC(N)c1cc(Br)sc1Br. The number of hydrogen-bond acceptors (Lipinski definition) is 2. The first-order valence-electron chi connectivity index (χ1n) is 4.35. The Morgan fingerprint density at radius 1 is 1.64 bits per heavy atom. The van der Waals surface area contributed by atoms with E-state index in [0.29, 0.717) is 0 Å². The van der Waals surface area contributed by atoms with Crippen LogP contribution >= 0.6 is 43.2 Å². The van der Waals surface area contributed by atoms with Crippen LogP contribution in [0, 0.1) is 0 Å². The van der Waals surface area contributed by atoms with Gasteiger partial charge in [0.2, 0.25) is 0 Å². The zero-order chi connectivity index (χ0) is 10.7. The third-order valence-corrected chi connectivity index (χ3v) is 4.35. The van der Waals surface area contributed by atoms with E-state index in [-0.39, 0.29) is 6.04 Å². The summed E-state index contributed by atoms with van der Waals surface area (Å²) in [5, 5.41) is 0. The van der Waals surface area contributed by atoms with Gasteiger partial charge in [-0.05, 0) is 63.3 Å². The molecule has 0 aliphatic rings. The molecule has 0 saturated carbocycles. The molecule has 14 heavy (non-hydrogen) atoms. The molecule has 1 nitrogen and oxygen atoms in total. The van der Waals surface area contributed by atoms with E-state index in [9.17, 15) is 0 Å². The lowest BCUT2D eigenvalue weighted by molar-refractivity contribution is 0.649. The van der Waals surface area contributed by atoms with Gasteiger partial charge in [-0.1, -0.05) is 5.57 Å². The molecule has 0 spiro atoms. The average molecular weight is 339 g/mol. The molecule has 78 valence electrons. The predicted octanol–water partition coefficient (Wildman–Crippen LogP) is 4.63. The van der Waals surface area contributed by atoms with Crippen molar-refractivity contribution >= 4 is 43.2 Å². The Kier molecular flexibility index (Phi) is 4.83. The van der Waals surface area contributed by atoms with Gasteiger partial charge in [-0.3, -0.25) is 0 Å². The maximum atomic E-state index is 6.07. The van der Waals surface area contributed by atoms with Gasteiger partial charge in [-0.2, -0.15) is 0 Å². The summed E-state index contributed by atoms with van der Waals surface area (Å²) in [6.07, 6.45) is 1.94. The molecule has 1 rings (SSSR count). The molecule has 0 aromatic carbocycles. The molecule has 0 radical (unpaired) electrons. The first-order valence-corrected chi connectivity index (χ1v) is 6.75. The van der Waals surface area contributed by atoms with Gasteiger partial charge < -0.3 is 5.73 Å². The standard InChI is InChI=1S/C10H13Br2NS/c1-6(2)3-4-8(13)7-5-9(11)14-10(7)12/h5,8H,1,3-4,13H2,2H3. The lowest BCUT2D eigenvalue weighted by Crippen LogP contribution is -2.09. The van der Waals surface area contributed by atoms with E-state index in [0.717, 1.165) is 20.4 Å². The second-order valence-electron chi connectivity index (χ2n) is 3.38. The summed E-state index contributed by atoms with van der Waals surface area (Å²) < 4.78 is 2.24. The Morgan fingerprint density at radius 2 is 2.29 bits per heavy atom. The van der Waals surface area contributed by atoms with Crippen molar-refractivity contribution in [2.45, 2.75) is 25.8 Å². The molecule has 0 amide bonds. The molecular formula is C10H13Br2NS. The molecule has 1 aromatic rings. The van der Waals surface area contributed by atoms with Gasteiger partial charge in [0.15, 0.2) is 0 Å². The van der Waals surface area contributed by atoms with E-state index in [1.807, 2.05) is 6.92 Å². The van der Waals surface area contributed by atoms with E-state index in [2.05, 4.69) is 44.5 Å². The van der Waals surface area contributed by atoms with Crippen molar-refractivity contribution in [3.8, 4) is 0 Å². The molecule has 1 atom stereocenters. The summed E-state index contributed by atoms with van der Waals surface area (Å²) in [5.41, 5.74) is 8.44. The van der Waals surface area contributed by atoms with Crippen molar-refractivity contribution in [2.24, 2.45) is 5.73 Å². The molecule has 1 aromatic heterocycles. The molecule has 0 saturated heterocycles. The zero-order valence-electron chi connectivity index (χ0n) is 8.02. The highest BCUT2D eigenvalue weighted by Gasteiger charge is 2.12. The Bertz CT molecular complexity index is 333. The van der Waals surface area contributed by atoms with Crippen LogP contribution in [0.25, 0.3) is 0 Å². The van der Waals surface area contributed by atoms with Crippen molar-refractivity contribution in [1.82, 2.24) is 0 Å². The van der Waals surface area contributed by atoms with Crippen LogP contribution < -0.4 is 5.73 Å². The van der Waals surface area contributed by atoms with E-state index in [1.54, 1.807) is 11.3 Å². The van der Waals surface area contributed by atoms with Gasteiger partial charge in [0.1, 0.15) is 0 Å². The Labute approximate surface area is 106 Å². The third kappa shape index (κ3) is 3.50. The van der Waals surface area contributed by atoms with Crippen LogP contribution in [-0.4, -0.2) is 0 Å². The molecule has 0 aliphatic carbocycles.